The highest BCUT2D eigenvalue weighted by Crippen LogP contribution is 2.36. The van der Waals surface area contributed by atoms with E-state index >= 15 is 0 Å². The largest absolute Gasteiger partial charge is 0.417 e. The number of hydrogen-bond donors (Lipinski definition) is 2. The number of carbonyl (C=O) groups excluding carboxylic acids is 1. The third-order valence-electron chi connectivity index (χ3n) is 5.76. The number of aryl methyl sites for hydroxylation is 1. The van der Waals surface area contributed by atoms with Crippen LogP contribution in [0.25, 0.3) is 11.1 Å². The number of hydrogen-bond acceptors (Lipinski definition) is 3. The average molecular weight is 553 g/mol. The molecule has 1 saturated heterocycles. The van der Waals surface area contributed by atoms with Crippen LogP contribution in [-0.2, 0) is 19.1 Å². The SMILES string of the molecule is C#C.CCn1cc(-c2cc(C[C@@H]3CCCCN3)ccc2Cl)cn1.NC(=O)c1cccc(C(F)(F)F)c1Cl. The van der Waals surface area contributed by atoms with Gasteiger partial charge in [-0.05, 0) is 62.6 Å². The second-order valence-corrected chi connectivity index (χ2v) is 9.06. The molecule has 3 N–H and O–H groups in total. The maximum absolute atomic E-state index is 12.3. The summed E-state index contributed by atoms with van der Waals surface area (Å²) < 4.78 is 38.7. The normalized spacial score (nSPS) is 15.1. The first-order valence-corrected chi connectivity index (χ1v) is 12.4. The third kappa shape index (κ3) is 8.53. The molecule has 1 aliphatic heterocycles. The molecule has 5 nitrogen and oxygen atoms in total. The molecule has 0 saturated carbocycles. The third-order valence-corrected chi connectivity index (χ3v) is 6.50. The van der Waals surface area contributed by atoms with Crippen LogP contribution >= 0.6 is 23.2 Å². The van der Waals surface area contributed by atoms with Crippen LogP contribution in [0.4, 0.5) is 13.2 Å². The van der Waals surface area contributed by atoms with E-state index < -0.39 is 22.7 Å². The highest BCUT2D eigenvalue weighted by atomic mass is 35.5. The minimum absolute atomic E-state index is 0.332. The van der Waals surface area contributed by atoms with Gasteiger partial charge in [0, 0.05) is 34.9 Å². The molecular weight excluding hydrogens is 524 g/mol. The van der Waals surface area contributed by atoms with E-state index in [4.69, 9.17) is 28.9 Å². The fourth-order valence-electron chi connectivity index (χ4n) is 3.92. The Labute approximate surface area is 225 Å². The molecule has 3 aromatic rings. The van der Waals surface area contributed by atoms with Gasteiger partial charge in [0.25, 0.3) is 0 Å². The van der Waals surface area contributed by atoms with Gasteiger partial charge in [0.05, 0.1) is 22.3 Å². The number of nitrogens with two attached hydrogens (primary N) is 1. The molecule has 4 rings (SSSR count). The molecule has 37 heavy (non-hydrogen) atoms. The maximum atomic E-state index is 12.3. The van der Waals surface area contributed by atoms with Gasteiger partial charge in [0.1, 0.15) is 0 Å². The summed E-state index contributed by atoms with van der Waals surface area (Å²) in [6, 6.07) is 9.98. The van der Waals surface area contributed by atoms with Gasteiger partial charge in [-0.1, -0.05) is 41.8 Å². The summed E-state index contributed by atoms with van der Waals surface area (Å²) in [6.45, 7) is 4.11. The van der Waals surface area contributed by atoms with Gasteiger partial charge in [0.2, 0.25) is 5.91 Å². The molecular formula is C27H29Cl2F3N4O. The van der Waals surface area contributed by atoms with Crippen molar-refractivity contribution in [3.63, 3.8) is 0 Å². The number of amides is 1. The zero-order chi connectivity index (χ0) is 27.6. The number of rotatable bonds is 5. The molecule has 2 heterocycles. The number of primary amides is 1. The van der Waals surface area contributed by atoms with Crippen molar-refractivity contribution in [3.8, 4) is 24.0 Å². The Kier molecular flexibility index (Phi) is 11.5. The van der Waals surface area contributed by atoms with E-state index in [1.165, 1.54) is 24.8 Å². The van der Waals surface area contributed by atoms with E-state index in [1.807, 2.05) is 16.9 Å². The minimum Gasteiger partial charge on any atom is -0.366 e. The summed E-state index contributed by atoms with van der Waals surface area (Å²) in [5.41, 5.74) is 6.97. The summed E-state index contributed by atoms with van der Waals surface area (Å²) in [5, 5.41) is 8.09. The monoisotopic (exact) mass is 552 g/mol. The Balaban J connectivity index is 0.000000263. The van der Waals surface area contributed by atoms with Crippen molar-refractivity contribution in [2.45, 2.75) is 51.4 Å². The lowest BCUT2D eigenvalue weighted by molar-refractivity contribution is -0.137. The summed E-state index contributed by atoms with van der Waals surface area (Å²) in [7, 11) is 0. The van der Waals surface area contributed by atoms with Crippen LogP contribution in [0.5, 0.6) is 0 Å². The Morgan fingerprint density at radius 2 is 1.95 bits per heavy atom. The van der Waals surface area contributed by atoms with Crippen LogP contribution in [0.2, 0.25) is 10.0 Å². The van der Waals surface area contributed by atoms with Crippen LogP contribution in [-0.4, -0.2) is 28.3 Å². The molecule has 2 aromatic carbocycles. The first-order chi connectivity index (χ1) is 17.6. The summed E-state index contributed by atoms with van der Waals surface area (Å²) in [6.07, 6.45) is 12.4. The van der Waals surface area contributed by atoms with Crippen molar-refractivity contribution in [2.75, 3.05) is 6.54 Å². The smallest absolute Gasteiger partial charge is 0.366 e. The summed E-state index contributed by atoms with van der Waals surface area (Å²) in [5.74, 6) is -0.985. The number of terminal acetylenes is 1. The molecule has 0 unspecified atom stereocenters. The first-order valence-electron chi connectivity index (χ1n) is 11.6. The molecule has 0 radical (unpaired) electrons. The Hall–Kier alpha value is -2.99. The molecule has 1 amide bonds. The average Bonchev–Trinajstić information content (AvgIpc) is 3.36. The Bertz CT molecular complexity index is 1200. The number of nitrogens with one attached hydrogen (secondary N) is 1. The fourth-order valence-corrected chi connectivity index (χ4v) is 4.47. The molecule has 10 heteroatoms. The number of nitrogens with zero attached hydrogens (tertiary/aromatic N) is 2. The van der Waals surface area contributed by atoms with E-state index in [0.29, 0.717) is 6.04 Å². The van der Waals surface area contributed by atoms with Gasteiger partial charge in [-0.2, -0.15) is 18.3 Å². The molecule has 1 atom stereocenters. The van der Waals surface area contributed by atoms with E-state index in [1.54, 1.807) is 0 Å². The Morgan fingerprint density at radius 3 is 2.51 bits per heavy atom. The van der Waals surface area contributed by atoms with Gasteiger partial charge >= 0.3 is 6.18 Å². The van der Waals surface area contributed by atoms with Crippen molar-refractivity contribution in [1.82, 2.24) is 15.1 Å². The van der Waals surface area contributed by atoms with E-state index in [9.17, 15) is 18.0 Å². The lowest BCUT2D eigenvalue weighted by atomic mass is 9.96. The van der Waals surface area contributed by atoms with Crippen molar-refractivity contribution in [3.05, 3.63) is 75.5 Å². The van der Waals surface area contributed by atoms with Crippen molar-refractivity contribution in [1.29, 1.82) is 0 Å². The predicted molar refractivity (Wildman–Crippen MR) is 143 cm³/mol. The second-order valence-electron chi connectivity index (χ2n) is 8.28. The minimum atomic E-state index is -4.58. The van der Waals surface area contributed by atoms with E-state index in [-0.39, 0.29) is 5.56 Å². The summed E-state index contributed by atoms with van der Waals surface area (Å²) in [4.78, 5) is 10.7. The van der Waals surface area contributed by atoms with E-state index in [2.05, 4.69) is 48.5 Å². The lowest BCUT2D eigenvalue weighted by Crippen LogP contribution is -2.35. The molecule has 0 spiro atoms. The molecule has 198 valence electrons. The number of benzene rings is 2. The van der Waals surface area contributed by atoms with Crippen LogP contribution in [0, 0.1) is 12.8 Å². The van der Waals surface area contributed by atoms with Gasteiger partial charge in [-0.3, -0.25) is 9.48 Å². The summed E-state index contributed by atoms with van der Waals surface area (Å²) >= 11 is 11.7. The quantitative estimate of drug-likeness (QED) is 0.349. The zero-order valence-corrected chi connectivity index (χ0v) is 21.9. The molecule has 0 aliphatic carbocycles. The lowest BCUT2D eigenvalue weighted by Gasteiger charge is -2.23. The van der Waals surface area contributed by atoms with Crippen LogP contribution in [0.15, 0.2) is 48.8 Å². The zero-order valence-electron chi connectivity index (χ0n) is 20.4. The van der Waals surface area contributed by atoms with Crippen molar-refractivity contribution < 1.29 is 18.0 Å². The van der Waals surface area contributed by atoms with Crippen LogP contribution in [0.1, 0.15) is 47.7 Å². The predicted octanol–water partition coefficient (Wildman–Crippen LogP) is 6.62. The van der Waals surface area contributed by atoms with Crippen molar-refractivity contribution in [2.24, 2.45) is 5.73 Å². The number of aromatic nitrogens is 2. The number of alkyl halides is 3. The Morgan fingerprint density at radius 1 is 1.22 bits per heavy atom. The number of carbonyl (C=O) groups is 1. The molecule has 1 aliphatic rings. The topological polar surface area (TPSA) is 72.9 Å². The van der Waals surface area contributed by atoms with Gasteiger partial charge in [-0.25, -0.2) is 0 Å². The fraction of sp³-hybridized carbons (Fsp3) is 0.333. The van der Waals surface area contributed by atoms with Crippen LogP contribution in [0.3, 0.4) is 0 Å². The number of halogens is 5. The van der Waals surface area contributed by atoms with Gasteiger partial charge in [-0.15, -0.1) is 12.8 Å². The van der Waals surface area contributed by atoms with Gasteiger partial charge < -0.3 is 11.1 Å². The number of piperidine rings is 1. The molecule has 1 aromatic heterocycles. The first kappa shape index (κ1) is 30.2. The van der Waals surface area contributed by atoms with Gasteiger partial charge in [0.15, 0.2) is 0 Å². The van der Waals surface area contributed by atoms with Crippen LogP contribution < -0.4 is 11.1 Å². The standard InChI is InChI=1S/C17H22ClN3.C8H5ClF3NO.C2H2/c1-2-21-12-14(11-20-21)16-10-13(6-7-17(16)18)9-15-5-3-4-8-19-15;9-6-4(7(13)14)2-1-3-5(6)8(10,11)12;1-2/h6-7,10-12,15,19H,2-5,8-9H2,1H3;1-3H,(H2,13,14);1-2H/t15-;;/m0../s1. The molecule has 1 fully saturated rings. The molecule has 0 bridgehead atoms. The van der Waals surface area contributed by atoms with Crippen molar-refractivity contribution >= 4 is 29.1 Å². The van der Waals surface area contributed by atoms with E-state index in [0.717, 1.165) is 53.9 Å². The highest BCUT2D eigenvalue weighted by Gasteiger charge is 2.34. The highest BCUT2D eigenvalue weighted by molar-refractivity contribution is 6.34. The second kappa shape index (κ2) is 14.1. The maximum Gasteiger partial charge on any atom is 0.417 e.